The molecule has 0 aromatic heterocycles. The maximum absolute atomic E-state index is 12.1. The first-order valence-corrected chi connectivity index (χ1v) is 8.82. The molecular weight excluding hydrogens is 332 g/mol. The van der Waals surface area contributed by atoms with Crippen molar-refractivity contribution in [2.45, 2.75) is 32.0 Å². The monoisotopic (exact) mass is 354 g/mol. The van der Waals surface area contributed by atoms with E-state index in [-0.39, 0.29) is 6.61 Å². The van der Waals surface area contributed by atoms with E-state index in [1.165, 1.54) is 18.7 Å². The smallest absolute Gasteiger partial charge is 0.408 e. The maximum Gasteiger partial charge on any atom is 0.408 e. The zero-order valence-corrected chi connectivity index (χ0v) is 14.5. The number of benzene rings is 1. The van der Waals surface area contributed by atoms with E-state index in [0.29, 0.717) is 12.2 Å². The molecule has 0 aliphatic heterocycles. The molecule has 3 N–H and O–H groups in total. The van der Waals surface area contributed by atoms with Crippen molar-refractivity contribution in [1.82, 2.24) is 10.6 Å². The Morgan fingerprint density at radius 3 is 2.46 bits per heavy atom. The lowest BCUT2D eigenvalue weighted by Crippen LogP contribution is -2.51. The van der Waals surface area contributed by atoms with Gasteiger partial charge < -0.3 is 20.5 Å². The van der Waals surface area contributed by atoms with Crippen LogP contribution in [0.1, 0.15) is 18.9 Å². The van der Waals surface area contributed by atoms with Gasteiger partial charge in [-0.05, 0) is 30.9 Å². The van der Waals surface area contributed by atoms with Crippen molar-refractivity contribution in [1.29, 1.82) is 0 Å². The van der Waals surface area contributed by atoms with Gasteiger partial charge in [-0.1, -0.05) is 30.3 Å². The van der Waals surface area contributed by atoms with Gasteiger partial charge in [-0.2, -0.15) is 11.8 Å². The van der Waals surface area contributed by atoms with Crippen LogP contribution in [-0.2, 0) is 20.9 Å². The average Bonchev–Trinajstić information content (AvgIpc) is 2.57. The molecule has 0 aliphatic carbocycles. The van der Waals surface area contributed by atoms with E-state index < -0.39 is 30.1 Å². The first kappa shape index (κ1) is 19.8. The number of carboxylic acids is 1. The molecule has 1 aromatic rings. The van der Waals surface area contributed by atoms with Crippen LogP contribution >= 0.6 is 11.8 Å². The fourth-order valence-electron chi connectivity index (χ4n) is 1.79. The highest BCUT2D eigenvalue weighted by Gasteiger charge is 2.24. The van der Waals surface area contributed by atoms with Crippen molar-refractivity contribution in [3.8, 4) is 0 Å². The molecule has 0 spiro atoms. The summed E-state index contributed by atoms with van der Waals surface area (Å²) < 4.78 is 5.09. The number of thioether (sulfide) groups is 1. The van der Waals surface area contributed by atoms with Crippen LogP contribution in [0.2, 0.25) is 0 Å². The number of carboxylic acid groups (broad SMARTS) is 1. The minimum Gasteiger partial charge on any atom is -0.480 e. The van der Waals surface area contributed by atoms with Crippen molar-refractivity contribution >= 4 is 29.7 Å². The third-order valence-corrected chi connectivity index (χ3v) is 3.81. The normalized spacial score (nSPS) is 12.8. The lowest BCUT2D eigenvalue weighted by atomic mass is 10.2. The molecule has 24 heavy (non-hydrogen) atoms. The highest BCUT2D eigenvalue weighted by molar-refractivity contribution is 7.98. The molecule has 0 saturated heterocycles. The lowest BCUT2D eigenvalue weighted by Gasteiger charge is -2.19. The number of hydrogen-bond donors (Lipinski definition) is 3. The summed E-state index contributed by atoms with van der Waals surface area (Å²) in [6.07, 6.45) is 1.53. The Morgan fingerprint density at radius 1 is 1.21 bits per heavy atom. The summed E-state index contributed by atoms with van der Waals surface area (Å²) in [5.41, 5.74) is 0.831. The largest absolute Gasteiger partial charge is 0.480 e. The molecule has 0 fully saturated rings. The highest BCUT2D eigenvalue weighted by Crippen LogP contribution is 2.04. The summed E-state index contributed by atoms with van der Waals surface area (Å²) in [5.74, 6) is -1.05. The van der Waals surface area contributed by atoms with Crippen molar-refractivity contribution in [2.24, 2.45) is 0 Å². The van der Waals surface area contributed by atoms with Gasteiger partial charge in [0.05, 0.1) is 0 Å². The van der Waals surface area contributed by atoms with Gasteiger partial charge in [0, 0.05) is 0 Å². The van der Waals surface area contributed by atoms with Gasteiger partial charge in [-0.25, -0.2) is 4.79 Å². The predicted octanol–water partition coefficient (Wildman–Crippen LogP) is 1.62. The Bertz CT molecular complexity index is 553. The highest BCUT2D eigenvalue weighted by atomic mass is 32.2. The van der Waals surface area contributed by atoms with Crippen LogP contribution in [-0.4, -0.2) is 47.2 Å². The summed E-state index contributed by atoms with van der Waals surface area (Å²) in [4.78, 5) is 34.8. The second-order valence-corrected chi connectivity index (χ2v) is 6.09. The lowest BCUT2D eigenvalue weighted by molar-refractivity contribution is -0.141. The molecule has 0 bridgehead atoms. The van der Waals surface area contributed by atoms with Gasteiger partial charge in [0.2, 0.25) is 5.91 Å². The number of carbonyl (C=O) groups is 3. The van der Waals surface area contributed by atoms with Crippen LogP contribution in [0.3, 0.4) is 0 Å². The standard InChI is InChI=1S/C16H22N2O5S/c1-11(15(20)21)17-14(19)13(8-9-24-2)18-16(22)23-10-12-6-4-3-5-7-12/h3-7,11,13H,8-10H2,1-2H3,(H,17,19)(H,18,22)(H,20,21)/t11?,13-/m0/s1. The molecule has 0 radical (unpaired) electrons. The summed E-state index contributed by atoms with van der Waals surface area (Å²) in [6.45, 7) is 1.45. The molecule has 8 heteroatoms. The number of alkyl carbamates (subject to hydrolysis) is 1. The molecule has 132 valence electrons. The first-order chi connectivity index (χ1) is 11.4. The Labute approximate surface area is 145 Å². The second-order valence-electron chi connectivity index (χ2n) is 5.11. The fraction of sp³-hybridized carbons (Fsp3) is 0.438. The van der Waals surface area contributed by atoms with E-state index >= 15 is 0 Å². The van der Waals surface area contributed by atoms with Gasteiger partial charge in [0.15, 0.2) is 0 Å². The Balaban J connectivity index is 2.55. The van der Waals surface area contributed by atoms with Gasteiger partial charge in [0.1, 0.15) is 18.7 Å². The molecule has 0 heterocycles. The Kier molecular flexibility index (Phi) is 8.70. The molecule has 1 rings (SSSR count). The van der Waals surface area contributed by atoms with Crippen LogP contribution in [0.4, 0.5) is 4.79 Å². The van der Waals surface area contributed by atoms with Crippen LogP contribution < -0.4 is 10.6 Å². The molecule has 1 unspecified atom stereocenters. The van der Waals surface area contributed by atoms with E-state index in [1.54, 1.807) is 0 Å². The Hall–Kier alpha value is -2.22. The predicted molar refractivity (Wildman–Crippen MR) is 91.8 cm³/mol. The first-order valence-electron chi connectivity index (χ1n) is 7.43. The molecule has 0 saturated carbocycles. The van der Waals surface area contributed by atoms with E-state index in [9.17, 15) is 14.4 Å². The van der Waals surface area contributed by atoms with Gasteiger partial charge in [0.25, 0.3) is 0 Å². The van der Waals surface area contributed by atoms with Gasteiger partial charge >= 0.3 is 12.1 Å². The molecule has 0 aliphatic rings. The van der Waals surface area contributed by atoms with Crippen LogP contribution in [0.15, 0.2) is 30.3 Å². The average molecular weight is 354 g/mol. The third kappa shape index (κ3) is 7.36. The minimum absolute atomic E-state index is 0.0923. The van der Waals surface area contributed by atoms with Crippen molar-refractivity contribution in [3.05, 3.63) is 35.9 Å². The number of nitrogens with one attached hydrogen (secondary N) is 2. The number of ether oxygens (including phenoxy) is 1. The van der Waals surface area contributed by atoms with Crippen molar-refractivity contribution in [3.63, 3.8) is 0 Å². The molecular formula is C16H22N2O5S. The zero-order chi connectivity index (χ0) is 17.9. The van der Waals surface area contributed by atoms with Crippen LogP contribution in [0.25, 0.3) is 0 Å². The molecule has 2 amide bonds. The number of amides is 2. The minimum atomic E-state index is -1.14. The second kappa shape index (κ2) is 10.5. The third-order valence-electron chi connectivity index (χ3n) is 3.16. The summed E-state index contributed by atoms with van der Waals surface area (Å²) >= 11 is 1.52. The number of carbonyl (C=O) groups excluding carboxylic acids is 2. The zero-order valence-electron chi connectivity index (χ0n) is 13.7. The SMILES string of the molecule is CSCC[C@H](NC(=O)OCc1ccccc1)C(=O)NC(C)C(=O)O. The topological polar surface area (TPSA) is 105 Å². The van der Waals surface area contributed by atoms with Crippen LogP contribution in [0.5, 0.6) is 0 Å². The quantitative estimate of drug-likeness (QED) is 0.622. The summed E-state index contributed by atoms with van der Waals surface area (Å²) in [5, 5.41) is 13.7. The summed E-state index contributed by atoms with van der Waals surface area (Å²) in [6, 6.07) is 7.28. The number of hydrogen-bond acceptors (Lipinski definition) is 5. The number of aliphatic carboxylic acids is 1. The Morgan fingerprint density at radius 2 is 1.88 bits per heavy atom. The van der Waals surface area contributed by atoms with E-state index in [4.69, 9.17) is 9.84 Å². The summed E-state index contributed by atoms with van der Waals surface area (Å²) in [7, 11) is 0. The van der Waals surface area contributed by atoms with Gasteiger partial charge in [-0.3, -0.25) is 9.59 Å². The molecule has 7 nitrogen and oxygen atoms in total. The van der Waals surface area contributed by atoms with Crippen molar-refractivity contribution in [2.75, 3.05) is 12.0 Å². The fourth-order valence-corrected chi connectivity index (χ4v) is 2.26. The molecule has 1 aromatic carbocycles. The van der Waals surface area contributed by atoms with E-state index in [2.05, 4.69) is 10.6 Å². The van der Waals surface area contributed by atoms with E-state index in [0.717, 1.165) is 5.56 Å². The van der Waals surface area contributed by atoms with Crippen LogP contribution in [0, 0.1) is 0 Å². The van der Waals surface area contributed by atoms with Gasteiger partial charge in [-0.15, -0.1) is 0 Å². The maximum atomic E-state index is 12.1. The number of rotatable bonds is 9. The molecule has 2 atom stereocenters. The van der Waals surface area contributed by atoms with Crippen molar-refractivity contribution < 1.29 is 24.2 Å². The van der Waals surface area contributed by atoms with E-state index in [1.807, 2.05) is 36.6 Å².